The van der Waals surface area contributed by atoms with Crippen molar-refractivity contribution in [2.24, 2.45) is 0 Å². The van der Waals surface area contributed by atoms with Gasteiger partial charge in [0.1, 0.15) is 6.54 Å². The Hall–Kier alpha value is -3.12. The molecule has 0 aliphatic heterocycles. The number of carbonyl (C=O) groups excluding carboxylic acids is 1. The first-order valence-corrected chi connectivity index (χ1v) is 10.8. The van der Waals surface area contributed by atoms with Crippen molar-refractivity contribution in [1.29, 1.82) is 0 Å². The van der Waals surface area contributed by atoms with Crippen molar-refractivity contribution in [2.75, 3.05) is 10.8 Å². The highest BCUT2D eigenvalue weighted by Gasteiger charge is 2.27. The quantitative estimate of drug-likeness (QED) is 0.646. The summed E-state index contributed by atoms with van der Waals surface area (Å²) in [5.41, 5.74) is 3.52. The lowest BCUT2D eigenvalue weighted by molar-refractivity contribution is -0.119. The van der Waals surface area contributed by atoms with Gasteiger partial charge in [-0.25, -0.2) is 8.42 Å². The Balaban J connectivity index is 1.84. The molecule has 3 aromatic rings. The van der Waals surface area contributed by atoms with Crippen LogP contribution in [0.1, 0.15) is 16.7 Å². The van der Waals surface area contributed by atoms with Crippen LogP contribution in [-0.4, -0.2) is 20.9 Å². The van der Waals surface area contributed by atoms with Crippen LogP contribution in [0.3, 0.4) is 0 Å². The monoisotopic (exact) mass is 408 g/mol. The Morgan fingerprint density at radius 3 is 2.14 bits per heavy atom. The summed E-state index contributed by atoms with van der Waals surface area (Å²) >= 11 is 0. The van der Waals surface area contributed by atoms with Crippen LogP contribution in [0.2, 0.25) is 0 Å². The normalized spacial score (nSPS) is 11.1. The zero-order valence-electron chi connectivity index (χ0n) is 16.5. The number of aryl methyl sites for hydroxylation is 2. The van der Waals surface area contributed by atoms with E-state index in [9.17, 15) is 13.2 Å². The molecule has 3 rings (SSSR count). The lowest BCUT2D eigenvalue weighted by Crippen LogP contribution is -2.40. The molecule has 5 nitrogen and oxygen atoms in total. The van der Waals surface area contributed by atoms with Gasteiger partial charge in [-0.3, -0.25) is 9.10 Å². The van der Waals surface area contributed by atoms with Gasteiger partial charge in [0, 0.05) is 6.54 Å². The second kappa shape index (κ2) is 8.92. The number of hydrogen-bond donors (Lipinski definition) is 1. The number of rotatable bonds is 7. The van der Waals surface area contributed by atoms with E-state index in [1.165, 1.54) is 12.1 Å². The molecule has 0 bridgehead atoms. The second-order valence-corrected chi connectivity index (χ2v) is 8.73. The smallest absolute Gasteiger partial charge is 0.264 e. The highest BCUT2D eigenvalue weighted by molar-refractivity contribution is 7.92. The highest BCUT2D eigenvalue weighted by Crippen LogP contribution is 2.23. The fourth-order valence-corrected chi connectivity index (χ4v) is 4.38. The number of nitrogens with zero attached hydrogens (tertiary/aromatic N) is 1. The Kier molecular flexibility index (Phi) is 6.34. The average molecular weight is 409 g/mol. The number of amides is 1. The van der Waals surface area contributed by atoms with E-state index in [0.29, 0.717) is 12.2 Å². The molecule has 0 spiro atoms. The lowest BCUT2D eigenvalue weighted by Gasteiger charge is -2.24. The molecule has 0 unspecified atom stereocenters. The van der Waals surface area contributed by atoms with Gasteiger partial charge >= 0.3 is 0 Å². The first kappa shape index (κ1) is 20.6. The Labute approximate surface area is 172 Å². The van der Waals surface area contributed by atoms with Crippen LogP contribution in [0, 0.1) is 13.8 Å². The number of hydrogen-bond acceptors (Lipinski definition) is 3. The van der Waals surface area contributed by atoms with Crippen molar-refractivity contribution in [3.8, 4) is 0 Å². The van der Waals surface area contributed by atoms with E-state index in [1.807, 2.05) is 50.2 Å². The van der Waals surface area contributed by atoms with Gasteiger partial charge in [-0.1, -0.05) is 60.2 Å². The average Bonchev–Trinajstić information content (AvgIpc) is 2.73. The summed E-state index contributed by atoms with van der Waals surface area (Å²) in [6.45, 7) is 3.94. The third-order valence-electron chi connectivity index (χ3n) is 4.68. The summed E-state index contributed by atoms with van der Waals surface area (Å²) in [6, 6.07) is 23.0. The minimum absolute atomic E-state index is 0.146. The molecule has 1 N–H and O–H groups in total. The minimum Gasteiger partial charge on any atom is -0.350 e. The molecule has 29 heavy (non-hydrogen) atoms. The third kappa shape index (κ3) is 5.03. The van der Waals surface area contributed by atoms with Crippen molar-refractivity contribution in [1.82, 2.24) is 5.32 Å². The lowest BCUT2D eigenvalue weighted by atomic mass is 10.1. The second-order valence-electron chi connectivity index (χ2n) is 6.86. The fraction of sp³-hybridized carbons (Fsp3) is 0.174. The van der Waals surface area contributed by atoms with Gasteiger partial charge in [-0.05, 0) is 49.2 Å². The minimum atomic E-state index is -3.88. The molecule has 0 saturated heterocycles. The summed E-state index contributed by atoms with van der Waals surface area (Å²) in [6.07, 6.45) is 0. The van der Waals surface area contributed by atoms with Crippen molar-refractivity contribution in [3.05, 3.63) is 95.6 Å². The highest BCUT2D eigenvalue weighted by atomic mass is 32.2. The van der Waals surface area contributed by atoms with Crippen LogP contribution in [0.15, 0.2) is 83.8 Å². The number of benzene rings is 3. The van der Waals surface area contributed by atoms with Crippen molar-refractivity contribution >= 4 is 21.6 Å². The van der Waals surface area contributed by atoms with Crippen molar-refractivity contribution in [2.45, 2.75) is 25.3 Å². The van der Waals surface area contributed by atoms with Gasteiger partial charge in [0.2, 0.25) is 5.91 Å². The SMILES string of the molecule is Cc1ccc(N(CC(=O)NCc2ccccc2C)S(=O)(=O)c2ccccc2)cc1. The molecule has 0 radical (unpaired) electrons. The van der Waals surface area contributed by atoms with Gasteiger partial charge < -0.3 is 5.32 Å². The predicted octanol–water partition coefficient (Wildman–Crippen LogP) is 3.82. The third-order valence-corrected chi connectivity index (χ3v) is 6.47. The molecule has 0 atom stereocenters. The summed E-state index contributed by atoms with van der Waals surface area (Å²) in [4.78, 5) is 12.8. The van der Waals surface area contributed by atoms with Gasteiger partial charge in [-0.15, -0.1) is 0 Å². The zero-order valence-corrected chi connectivity index (χ0v) is 17.3. The van der Waals surface area contributed by atoms with E-state index >= 15 is 0 Å². The molecule has 0 aliphatic rings. The molecule has 150 valence electrons. The topological polar surface area (TPSA) is 66.5 Å². The van der Waals surface area contributed by atoms with Crippen LogP contribution in [-0.2, 0) is 21.4 Å². The van der Waals surface area contributed by atoms with Crippen LogP contribution in [0.5, 0.6) is 0 Å². The molecular weight excluding hydrogens is 384 g/mol. The summed E-state index contributed by atoms with van der Waals surface area (Å²) in [5, 5.41) is 2.83. The van der Waals surface area contributed by atoms with Gasteiger partial charge in [0.25, 0.3) is 10.0 Å². The molecule has 0 saturated carbocycles. The largest absolute Gasteiger partial charge is 0.350 e. The van der Waals surface area contributed by atoms with Crippen molar-refractivity contribution < 1.29 is 13.2 Å². The van der Waals surface area contributed by atoms with E-state index in [-0.39, 0.29) is 17.3 Å². The van der Waals surface area contributed by atoms with Gasteiger partial charge in [0.05, 0.1) is 10.6 Å². The van der Waals surface area contributed by atoms with E-state index in [1.54, 1.807) is 30.3 Å². The first-order chi connectivity index (χ1) is 13.9. The maximum Gasteiger partial charge on any atom is 0.264 e. The molecule has 1 amide bonds. The van der Waals surface area contributed by atoms with Crippen LogP contribution in [0.25, 0.3) is 0 Å². The zero-order chi connectivity index (χ0) is 20.9. The van der Waals surface area contributed by atoms with E-state index in [4.69, 9.17) is 0 Å². The van der Waals surface area contributed by atoms with Crippen LogP contribution < -0.4 is 9.62 Å². The summed E-state index contributed by atoms with van der Waals surface area (Å²) in [5.74, 6) is -0.367. The molecule has 0 aromatic heterocycles. The number of sulfonamides is 1. The Morgan fingerprint density at radius 2 is 1.48 bits per heavy atom. The van der Waals surface area contributed by atoms with E-state index in [2.05, 4.69) is 5.32 Å². The van der Waals surface area contributed by atoms with Crippen molar-refractivity contribution in [3.63, 3.8) is 0 Å². The molecule has 0 heterocycles. The van der Waals surface area contributed by atoms with Crippen LogP contribution in [0.4, 0.5) is 5.69 Å². The Morgan fingerprint density at radius 1 is 0.862 bits per heavy atom. The molecule has 6 heteroatoms. The van der Waals surface area contributed by atoms with Gasteiger partial charge in [0.15, 0.2) is 0 Å². The molecule has 0 fully saturated rings. The van der Waals surface area contributed by atoms with E-state index < -0.39 is 10.0 Å². The number of carbonyl (C=O) groups is 1. The maximum absolute atomic E-state index is 13.2. The fourth-order valence-electron chi connectivity index (χ4n) is 2.93. The molecule has 3 aromatic carbocycles. The summed E-state index contributed by atoms with van der Waals surface area (Å²) < 4.78 is 27.6. The Bertz CT molecular complexity index is 1080. The number of nitrogens with one attached hydrogen (secondary N) is 1. The van der Waals surface area contributed by atoms with E-state index in [0.717, 1.165) is 21.0 Å². The number of anilines is 1. The van der Waals surface area contributed by atoms with Gasteiger partial charge in [-0.2, -0.15) is 0 Å². The molecule has 0 aliphatic carbocycles. The maximum atomic E-state index is 13.2. The predicted molar refractivity (Wildman–Crippen MR) is 115 cm³/mol. The first-order valence-electron chi connectivity index (χ1n) is 9.33. The molecular formula is C23H24N2O3S. The summed E-state index contributed by atoms with van der Waals surface area (Å²) in [7, 11) is -3.88. The van der Waals surface area contributed by atoms with Crippen LogP contribution >= 0.6 is 0 Å². The standard InChI is InChI=1S/C23H24N2O3S/c1-18-12-14-21(15-13-18)25(29(27,28)22-10-4-3-5-11-22)17-23(26)24-16-20-9-7-6-8-19(20)2/h3-15H,16-17H2,1-2H3,(H,24,26).